The molecule has 0 spiro atoms. The lowest BCUT2D eigenvalue weighted by Crippen LogP contribution is -2.39. The number of nitrogens with zero attached hydrogens (tertiary/aromatic N) is 3. The second-order valence-corrected chi connectivity index (χ2v) is 6.80. The molecule has 4 heterocycles. The van der Waals surface area contributed by atoms with E-state index in [-0.39, 0.29) is 5.56 Å². The molecule has 2 aliphatic rings. The van der Waals surface area contributed by atoms with Crippen molar-refractivity contribution in [3.05, 3.63) is 45.5 Å². The van der Waals surface area contributed by atoms with Crippen LogP contribution >= 0.6 is 11.6 Å². The quantitative estimate of drug-likeness (QED) is 0.909. The Morgan fingerprint density at radius 1 is 1.32 bits per heavy atom. The number of piperidine rings is 1. The van der Waals surface area contributed by atoms with Gasteiger partial charge in [-0.3, -0.25) is 14.1 Å². The van der Waals surface area contributed by atoms with Gasteiger partial charge in [-0.05, 0) is 50.0 Å². The third-order valence-corrected chi connectivity index (χ3v) is 5.07. The highest BCUT2D eigenvalue weighted by molar-refractivity contribution is 6.30. The smallest absolute Gasteiger partial charge is 0.258 e. The second kappa shape index (κ2) is 5.65. The molecular weight excluding hydrogens is 300 g/mol. The summed E-state index contributed by atoms with van der Waals surface area (Å²) in [4.78, 5) is 19.2. The summed E-state index contributed by atoms with van der Waals surface area (Å²) in [5.74, 6) is 1.57. The van der Waals surface area contributed by atoms with Gasteiger partial charge in [-0.2, -0.15) is 0 Å². The van der Waals surface area contributed by atoms with Gasteiger partial charge in [-0.25, -0.2) is 4.98 Å². The van der Waals surface area contributed by atoms with Crippen LogP contribution in [0.5, 0.6) is 0 Å². The molecule has 5 nitrogen and oxygen atoms in total. The van der Waals surface area contributed by atoms with E-state index < -0.39 is 0 Å². The SMILES string of the molecule is O=c1cc(CN2CCC3CNCC3C2)nc2ccc(Cl)cn12. The minimum absolute atomic E-state index is 0.0695. The Hall–Kier alpha value is -1.43. The maximum atomic E-state index is 12.2. The number of aromatic nitrogens is 2. The Morgan fingerprint density at radius 2 is 2.18 bits per heavy atom. The summed E-state index contributed by atoms with van der Waals surface area (Å²) in [6.07, 6.45) is 2.85. The van der Waals surface area contributed by atoms with Crippen molar-refractivity contribution in [3.63, 3.8) is 0 Å². The molecule has 4 rings (SSSR count). The Morgan fingerprint density at radius 3 is 3.09 bits per heavy atom. The zero-order valence-electron chi connectivity index (χ0n) is 12.3. The molecule has 2 atom stereocenters. The molecule has 0 amide bonds. The van der Waals surface area contributed by atoms with E-state index in [0.29, 0.717) is 10.7 Å². The van der Waals surface area contributed by atoms with Crippen molar-refractivity contribution in [3.8, 4) is 0 Å². The van der Waals surface area contributed by atoms with Crippen LogP contribution in [0.15, 0.2) is 29.2 Å². The number of nitrogens with one attached hydrogen (secondary N) is 1. The van der Waals surface area contributed by atoms with E-state index >= 15 is 0 Å². The van der Waals surface area contributed by atoms with E-state index in [4.69, 9.17) is 11.6 Å². The summed E-state index contributed by atoms with van der Waals surface area (Å²) in [7, 11) is 0. The first-order valence-corrected chi connectivity index (χ1v) is 8.18. The van der Waals surface area contributed by atoms with Gasteiger partial charge in [0, 0.05) is 25.4 Å². The minimum atomic E-state index is -0.0695. The maximum absolute atomic E-state index is 12.2. The highest BCUT2D eigenvalue weighted by atomic mass is 35.5. The van der Waals surface area contributed by atoms with Crippen molar-refractivity contribution in [2.24, 2.45) is 11.8 Å². The van der Waals surface area contributed by atoms with Crippen LogP contribution in [0.4, 0.5) is 0 Å². The average molecular weight is 319 g/mol. The van der Waals surface area contributed by atoms with Crippen LogP contribution < -0.4 is 10.9 Å². The average Bonchev–Trinajstić information content (AvgIpc) is 2.96. The molecule has 2 unspecified atom stereocenters. The van der Waals surface area contributed by atoms with Gasteiger partial charge in [0.15, 0.2) is 0 Å². The van der Waals surface area contributed by atoms with E-state index in [2.05, 4.69) is 15.2 Å². The first-order chi connectivity index (χ1) is 10.7. The van der Waals surface area contributed by atoms with Gasteiger partial charge in [0.05, 0.1) is 10.7 Å². The zero-order chi connectivity index (χ0) is 15.1. The molecule has 0 radical (unpaired) electrons. The summed E-state index contributed by atoms with van der Waals surface area (Å²) >= 11 is 5.94. The van der Waals surface area contributed by atoms with E-state index in [9.17, 15) is 4.79 Å². The summed E-state index contributed by atoms with van der Waals surface area (Å²) in [5.41, 5.74) is 1.43. The highest BCUT2D eigenvalue weighted by Gasteiger charge is 2.32. The number of halogens is 1. The first-order valence-electron chi connectivity index (χ1n) is 7.80. The molecule has 22 heavy (non-hydrogen) atoms. The highest BCUT2D eigenvalue weighted by Crippen LogP contribution is 2.27. The van der Waals surface area contributed by atoms with Crippen LogP contribution in [-0.4, -0.2) is 40.5 Å². The van der Waals surface area contributed by atoms with Gasteiger partial charge < -0.3 is 5.32 Å². The zero-order valence-corrected chi connectivity index (χ0v) is 13.1. The van der Waals surface area contributed by atoms with Crippen molar-refractivity contribution < 1.29 is 0 Å². The molecule has 1 N–H and O–H groups in total. The van der Waals surface area contributed by atoms with Crippen molar-refractivity contribution in [1.82, 2.24) is 19.6 Å². The Kier molecular flexibility index (Phi) is 3.64. The Bertz CT molecular complexity index is 759. The van der Waals surface area contributed by atoms with Crippen molar-refractivity contribution in [1.29, 1.82) is 0 Å². The van der Waals surface area contributed by atoms with Crippen LogP contribution in [-0.2, 0) is 6.54 Å². The Balaban J connectivity index is 1.57. The third-order valence-electron chi connectivity index (χ3n) is 4.85. The topological polar surface area (TPSA) is 49.6 Å². The first kappa shape index (κ1) is 14.2. The van der Waals surface area contributed by atoms with Crippen LogP contribution in [0.2, 0.25) is 5.02 Å². The van der Waals surface area contributed by atoms with Gasteiger partial charge in [0.25, 0.3) is 5.56 Å². The predicted octanol–water partition coefficient (Wildman–Crippen LogP) is 1.39. The molecule has 6 heteroatoms. The molecule has 2 fully saturated rings. The number of pyridine rings is 1. The lowest BCUT2D eigenvalue weighted by molar-refractivity contribution is 0.141. The second-order valence-electron chi connectivity index (χ2n) is 6.36. The predicted molar refractivity (Wildman–Crippen MR) is 86.2 cm³/mol. The van der Waals surface area contributed by atoms with E-state index in [1.54, 1.807) is 24.4 Å². The lowest BCUT2D eigenvalue weighted by Gasteiger charge is -2.34. The molecule has 0 aromatic carbocycles. The van der Waals surface area contributed by atoms with Crippen LogP contribution in [0.25, 0.3) is 5.65 Å². The summed E-state index contributed by atoms with van der Waals surface area (Å²) in [5, 5.41) is 4.02. The fourth-order valence-electron chi connectivity index (χ4n) is 3.69. The van der Waals surface area contributed by atoms with E-state index in [1.807, 2.05) is 0 Å². The molecule has 116 valence electrons. The third kappa shape index (κ3) is 2.64. The molecule has 2 aromatic rings. The van der Waals surface area contributed by atoms with Gasteiger partial charge in [-0.15, -0.1) is 0 Å². The molecule has 2 saturated heterocycles. The fraction of sp³-hybridized carbons (Fsp3) is 0.500. The monoisotopic (exact) mass is 318 g/mol. The van der Waals surface area contributed by atoms with Crippen LogP contribution in [0.3, 0.4) is 0 Å². The Labute approximate surface area is 133 Å². The number of fused-ring (bicyclic) bond motifs is 2. The summed E-state index contributed by atoms with van der Waals surface area (Å²) < 4.78 is 1.50. The summed E-state index contributed by atoms with van der Waals surface area (Å²) in [6.45, 7) is 5.21. The van der Waals surface area contributed by atoms with Crippen molar-refractivity contribution in [2.75, 3.05) is 26.2 Å². The van der Waals surface area contributed by atoms with Crippen molar-refractivity contribution in [2.45, 2.75) is 13.0 Å². The van der Waals surface area contributed by atoms with E-state index in [0.717, 1.165) is 50.3 Å². The largest absolute Gasteiger partial charge is 0.316 e. The number of hydrogen-bond acceptors (Lipinski definition) is 4. The molecular formula is C16H19ClN4O. The van der Waals surface area contributed by atoms with Crippen molar-refractivity contribution >= 4 is 17.2 Å². The van der Waals surface area contributed by atoms with Gasteiger partial charge in [0.2, 0.25) is 0 Å². The molecule has 2 aromatic heterocycles. The van der Waals surface area contributed by atoms with Crippen LogP contribution in [0.1, 0.15) is 12.1 Å². The summed E-state index contributed by atoms with van der Waals surface area (Å²) in [6, 6.07) is 5.19. The number of rotatable bonds is 2. The maximum Gasteiger partial charge on any atom is 0.258 e. The van der Waals surface area contributed by atoms with Gasteiger partial charge in [0.1, 0.15) is 5.65 Å². The molecule has 0 aliphatic carbocycles. The van der Waals surface area contributed by atoms with E-state index in [1.165, 1.54) is 10.8 Å². The lowest BCUT2D eigenvalue weighted by atomic mass is 9.89. The molecule has 0 bridgehead atoms. The van der Waals surface area contributed by atoms with Crippen LogP contribution in [0, 0.1) is 11.8 Å². The van der Waals surface area contributed by atoms with Gasteiger partial charge >= 0.3 is 0 Å². The fourth-order valence-corrected chi connectivity index (χ4v) is 3.85. The molecule has 2 aliphatic heterocycles. The number of likely N-dealkylation sites (tertiary alicyclic amines) is 1. The normalized spacial score (nSPS) is 25.5. The van der Waals surface area contributed by atoms with Gasteiger partial charge in [-0.1, -0.05) is 11.6 Å². The number of hydrogen-bond donors (Lipinski definition) is 1. The molecule has 0 saturated carbocycles. The minimum Gasteiger partial charge on any atom is -0.316 e. The standard InChI is InChI=1S/C16H19ClN4O/c17-13-1-2-15-19-14(5-16(22)21(15)9-13)10-20-4-3-11-6-18-7-12(11)8-20/h1-2,5,9,11-12,18H,3-4,6-8,10H2.